The fraction of sp³-hybridized carbons (Fsp3) is 0.500. The van der Waals surface area contributed by atoms with E-state index in [4.69, 9.17) is 33.7 Å². The molecule has 28 heavy (non-hydrogen) atoms. The summed E-state index contributed by atoms with van der Waals surface area (Å²) in [6.07, 6.45) is -0.482. The molecule has 0 aliphatic carbocycles. The Morgan fingerprint density at radius 2 is 2.11 bits per heavy atom. The van der Waals surface area contributed by atoms with Crippen molar-refractivity contribution in [3.05, 3.63) is 28.2 Å². The number of benzene rings is 1. The molecule has 1 aromatic heterocycles. The number of nitrogens with two attached hydrogens (primary N) is 1. The quantitative estimate of drug-likeness (QED) is 0.658. The number of likely N-dealkylation sites (N-methyl/N-ethyl adjacent to an activating group) is 1. The largest absolute Gasteiger partial charge is 0.389 e. The molecule has 0 saturated carbocycles. The summed E-state index contributed by atoms with van der Waals surface area (Å²) in [5.41, 5.74) is 7.12. The third-order valence-electron chi connectivity index (χ3n) is 4.60. The standard InChI is InChI=1S/C18H24Cl2N6O2/c1-25(9-12(27)10-28-2)6-11-7-26(8-11)18-22-17(21)16(23-24-18)13-4-3-5-14(19)15(13)20/h3-5,11-12,27H,6-10H2,1-2H3,(H2,21,22,24)/t12-/m0/s1. The topological polar surface area (TPSA) is 101 Å². The van der Waals surface area contributed by atoms with Crippen LogP contribution in [0.2, 0.25) is 10.0 Å². The van der Waals surface area contributed by atoms with Gasteiger partial charge < -0.3 is 25.4 Å². The fourth-order valence-corrected chi connectivity index (χ4v) is 3.70. The lowest BCUT2D eigenvalue weighted by Gasteiger charge is -2.41. The predicted molar refractivity (Wildman–Crippen MR) is 111 cm³/mol. The first-order chi connectivity index (χ1) is 13.4. The van der Waals surface area contributed by atoms with Crippen LogP contribution in [0.4, 0.5) is 11.8 Å². The number of anilines is 2. The molecular weight excluding hydrogens is 403 g/mol. The maximum atomic E-state index is 9.80. The molecular formula is C18H24Cl2N6O2. The summed E-state index contributed by atoms with van der Waals surface area (Å²) >= 11 is 12.3. The Hall–Kier alpha value is -1.71. The predicted octanol–water partition coefficient (Wildman–Crippen LogP) is 1.80. The summed E-state index contributed by atoms with van der Waals surface area (Å²) in [5.74, 6) is 1.22. The molecule has 0 radical (unpaired) electrons. The van der Waals surface area contributed by atoms with Crippen molar-refractivity contribution in [3.63, 3.8) is 0 Å². The van der Waals surface area contributed by atoms with Crippen LogP contribution in [-0.4, -0.2) is 78.2 Å². The van der Waals surface area contributed by atoms with Crippen molar-refractivity contribution < 1.29 is 9.84 Å². The van der Waals surface area contributed by atoms with Crippen LogP contribution >= 0.6 is 23.2 Å². The summed E-state index contributed by atoms with van der Waals surface area (Å²) in [7, 11) is 3.57. The number of aliphatic hydroxyl groups excluding tert-OH is 1. The van der Waals surface area contributed by atoms with Gasteiger partial charge in [0.15, 0.2) is 5.82 Å². The van der Waals surface area contributed by atoms with Crippen LogP contribution in [0.1, 0.15) is 0 Å². The Kier molecular flexibility index (Phi) is 6.90. The molecule has 2 heterocycles. The molecule has 1 aromatic carbocycles. The molecule has 1 atom stereocenters. The van der Waals surface area contributed by atoms with E-state index < -0.39 is 6.10 Å². The highest BCUT2D eigenvalue weighted by Crippen LogP contribution is 2.34. The first-order valence-corrected chi connectivity index (χ1v) is 9.69. The van der Waals surface area contributed by atoms with Gasteiger partial charge in [0.25, 0.3) is 0 Å². The minimum Gasteiger partial charge on any atom is -0.389 e. The van der Waals surface area contributed by atoms with Crippen molar-refractivity contribution in [3.8, 4) is 11.3 Å². The number of aromatic nitrogens is 3. The van der Waals surface area contributed by atoms with Crippen molar-refractivity contribution in [1.29, 1.82) is 0 Å². The summed E-state index contributed by atoms with van der Waals surface area (Å²) < 4.78 is 4.96. The van der Waals surface area contributed by atoms with E-state index in [1.165, 1.54) is 0 Å². The van der Waals surface area contributed by atoms with Gasteiger partial charge in [0.2, 0.25) is 5.95 Å². The Morgan fingerprint density at radius 3 is 2.79 bits per heavy atom. The Labute approximate surface area is 174 Å². The summed E-state index contributed by atoms with van der Waals surface area (Å²) in [6.45, 7) is 3.40. The second-order valence-corrected chi connectivity index (χ2v) is 7.83. The van der Waals surface area contributed by atoms with Crippen LogP contribution in [0, 0.1) is 5.92 Å². The van der Waals surface area contributed by atoms with E-state index in [0.29, 0.717) is 46.3 Å². The second kappa shape index (κ2) is 9.19. The van der Waals surface area contributed by atoms with Crippen molar-refractivity contribution in [2.45, 2.75) is 6.10 Å². The minimum atomic E-state index is -0.482. The highest BCUT2D eigenvalue weighted by atomic mass is 35.5. The first-order valence-electron chi connectivity index (χ1n) is 8.94. The Balaban J connectivity index is 1.58. The van der Waals surface area contributed by atoms with Crippen LogP contribution in [0.15, 0.2) is 18.2 Å². The van der Waals surface area contributed by atoms with E-state index in [1.54, 1.807) is 25.3 Å². The zero-order valence-electron chi connectivity index (χ0n) is 15.8. The molecule has 0 unspecified atom stereocenters. The van der Waals surface area contributed by atoms with Crippen LogP contribution in [0.25, 0.3) is 11.3 Å². The molecule has 1 aliphatic rings. The molecule has 1 fully saturated rings. The number of rotatable bonds is 8. The molecule has 152 valence electrons. The lowest BCUT2D eigenvalue weighted by atomic mass is 10.00. The maximum absolute atomic E-state index is 9.80. The van der Waals surface area contributed by atoms with E-state index in [-0.39, 0.29) is 5.82 Å². The van der Waals surface area contributed by atoms with Gasteiger partial charge in [-0.3, -0.25) is 0 Å². The molecule has 10 heteroatoms. The average Bonchev–Trinajstić information content (AvgIpc) is 2.60. The summed E-state index contributed by atoms with van der Waals surface area (Å²) in [4.78, 5) is 8.51. The minimum absolute atomic E-state index is 0.262. The van der Waals surface area contributed by atoms with E-state index in [0.717, 1.165) is 19.6 Å². The SMILES string of the molecule is COC[C@@H](O)CN(C)CC1CN(c2nnc(-c3cccc(Cl)c3Cl)c(N)n2)C1. The van der Waals surface area contributed by atoms with Crippen LogP contribution in [-0.2, 0) is 4.74 Å². The number of ether oxygens (including phenoxy) is 1. The van der Waals surface area contributed by atoms with Gasteiger partial charge in [-0.25, -0.2) is 0 Å². The second-order valence-electron chi connectivity index (χ2n) is 7.05. The number of nitrogen functional groups attached to an aromatic ring is 1. The molecule has 3 rings (SSSR count). The third kappa shape index (κ3) is 4.82. The van der Waals surface area contributed by atoms with Gasteiger partial charge in [-0.05, 0) is 13.1 Å². The monoisotopic (exact) mass is 426 g/mol. The van der Waals surface area contributed by atoms with Gasteiger partial charge in [-0.1, -0.05) is 35.3 Å². The van der Waals surface area contributed by atoms with Crippen LogP contribution in [0.3, 0.4) is 0 Å². The molecule has 3 N–H and O–H groups in total. The molecule has 1 aliphatic heterocycles. The van der Waals surface area contributed by atoms with Crippen LogP contribution < -0.4 is 10.6 Å². The maximum Gasteiger partial charge on any atom is 0.247 e. The van der Waals surface area contributed by atoms with Gasteiger partial charge in [-0.2, -0.15) is 4.98 Å². The van der Waals surface area contributed by atoms with E-state index >= 15 is 0 Å². The van der Waals surface area contributed by atoms with E-state index in [9.17, 15) is 5.11 Å². The third-order valence-corrected chi connectivity index (χ3v) is 5.42. The summed E-state index contributed by atoms with van der Waals surface area (Å²) in [6, 6.07) is 5.26. The van der Waals surface area contributed by atoms with Crippen molar-refractivity contribution in [1.82, 2.24) is 20.1 Å². The Bertz CT molecular complexity index is 819. The fourth-order valence-electron chi connectivity index (χ4n) is 3.31. The zero-order valence-corrected chi connectivity index (χ0v) is 17.4. The van der Waals surface area contributed by atoms with Crippen molar-refractivity contribution >= 4 is 35.0 Å². The summed E-state index contributed by atoms with van der Waals surface area (Å²) in [5, 5.41) is 19.0. The molecule has 0 bridgehead atoms. The number of hydrogen-bond acceptors (Lipinski definition) is 8. The number of halogens is 2. The van der Waals surface area contributed by atoms with Crippen molar-refractivity contribution in [2.24, 2.45) is 5.92 Å². The zero-order chi connectivity index (χ0) is 20.3. The number of hydrogen-bond donors (Lipinski definition) is 2. The molecule has 2 aromatic rings. The lowest BCUT2D eigenvalue weighted by Crippen LogP contribution is -2.52. The van der Waals surface area contributed by atoms with Gasteiger partial charge in [-0.15, -0.1) is 10.2 Å². The van der Waals surface area contributed by atoms with Crippen molar-refractivity contribution in [2.75, 3.05) is 57.6 Å². The number of aliphatic hydroxyl groups is 1. The molecule has 0 spiro atoms. The lowest BCUT2D eigenvalue weighted by molar-refractivity contribution is 0.0394. The van der Waals surface area contributed by atoms with Crippen LogP contribution in [0.5, 0.6) is 0 Å². The Morgan fingerprint density at radius 1 is 1.36 bits per heavy atom. The van der Waals surface area contributed by atoms with Gasteiger partial charge in [0.1, 0.15) is 5.69 Å². The van der Waals surface area contributed by atoms with Gasteiger partial charge in [0, 0.05) is 44.8 Å². The smallest absolute Gasteiger partial charge is 0.247 e. The van der Waals surface area contributed by atoms with Gasteiger partial charge >= 0.3 is 0 Å². The van der Waals surface area contributed by atoms with Gasteiger partial charge in [0.05, 0.1) is 22.8 Å². The van der Waals surface area contributed by atoms with E-state index in [1.807, 2.05) is 11.9 Å². The molecule has 8 nitrogen and oxygen atoms in total. The highest BCUT2D eigenvalue weighted by molar-refractivity contribution is 6.43. The highest BCUT2D eigenvalue weighted by Gasteiger charge is 2.30. The molecule has 0 amide bonds. The number of nitrogens with zero attached hydrogens (tertiary/aromatic N) is 5. The first kappa shape index (κ1) is 21.0. The average molecular weight is 427 g/mol. The number of methoxy groups -OCH3 is 1. The van der Waals surface area contributed by atoms with E-state index in [2.05, 4.69) is 20.1 Å². The normalized spacial score (nSPS) is 15.7. The molecule has 1 saturated heterocycles.